The fraction of sp³-hybridized carbons (Fsp3) is 0.438. The third kappa shape index (κ3) is 1.80. The quantitative estimate of drug-likeness (QED) is 0.859. The summed E-state index contributed by atoms with van der Waals surface area (Å²) in [5, 5.41) is 6.97. The molecule has 2 N–H and O–H groups in total. The molecule has 0 aliphatic heterocycles. The van der Waals surface area contributed by atoms with Crippen molar-refractivity contribution in [2.75, 3.05) is 0 Å². The second-order valence-electron chi connectivity index (χ2n) is 6.27. The molecule has 19 heavy (non-hydrogen) atoms. The van der Waals surface area contributed by atoms with Crippen molar-refractivity contribution in [3.05, 3.63) is 40.1 Å². The van der Waals surface area contributed by atoms with E-state index in [2.05, 4.69) is 44.1 Å². The van der Waals surface area contributed by atoms with Crippen LogP contribution >= 0.6 is 0 Å². The molecule has 0 amide bonds. The predicted molar refractivity (Wildman–Crippen MR) is 78.6 cm³/mol. The Morgan fingerprint density at radius 3 is 2.84 bits per heavy atom. The van der Waals surface area contributed by atoms with Gasteiger partial charge in [-0.1, -0.05) is 26.0 Å². The van der Waals surface area contributed by atoms with Crippen LogP contribution in [0.15, 0.2) is 29.5 Å². The molecule has 0 unspecified atom stereocenters. The Morgan fingerprint density at radius 1 is 1.42 bits per heavy atom. The van der Waals surface area contributed by atoms with Crippen LogP contribution in [0.25, 0.3) is 11.6 Å². The van der Waals surface area contributed by atoms with Crippen LogP contribution in [0.5, 0.6) is 0 Å². The van der Waals surface area contributed by atoms with Gasteiger partial charge in [-0.3, -0.25) is 4.68 Å². The van der Waals surface area contributed by atoms with Crippen LogP contribution in [0.1, 0.15) is 27.7 Å². The second kappa shape index (κ2) is 3.94. The van der Waals surface area contributed by atoms with Gasteiger partial charge in [-0.15, -0.1) is 0 Å². The minimum Gasteiger partial charge on any atom is -0.326 e. The van der Waals surface area contributed by atoms with Crippen LogP contribution in [0.2, 0.25) is 0 Å². The Morgan fingerprint density at radius 2 is 2.16 bits per heavy atom. The number of fused-ring (bicyclic) bond motifs is 2. The molecule has 2 aliphatic carbocycles. The van der Waals surface area contributed by atoms with Crippen molar-refractivity contribution < 1.29 is 0 Å². The van der Waals surface area contributed by atoms with Crippen LogP contribution < -0.4 is 16.3 Å². The van der Waals surface area contributed by atoms with Gasteiger partial charge >= 0.3 is 0 Å². The third-order valence-corrected chi connectivity index (χ3v) is 3.98. The summed E-state index contributed by atoms with van der Waals surface area (Å²) < 4.78 is 2.03. The monoisotopic (exact) mass is 255 g/mol. The van der Waals surface area contributed by atoms with E-state index in [4.69, 9.17) is 5.73 Å². The highest BCUT2D eigenvalue weighted by Crippen LogP contribution is 2.40. The molecule has 0 saturated carbocycles. The van der Waals surface area contributed by atoms with Gasteiger partial charge in [0.1, 0.15) is 0 Å². The zero-order valence-corrected chi connectivity index (χ0v) is 12.1. The summed E-state index contributed by atoms with van der Waals surface area (Å²) in [6, 6.07) is 0.117. The van der Waals surface area contributed by atoms with E-state index in [1.807, 2.05) is 17.8 Å². The fourth-order valence-electron chi connectivity index (χ4n) is 3.02. The van der Waals surface area contributed by atoms with Gasteiger partial charge in [0, 0.05) is 16.7 Å². The van der Waals surface area contributed by atoms with E-state index in [-0.39, 0.29) is 11.5 Å². The largest absolute Gasteiger partial charge is 0.326 e. The lowest BCUT2D eigenvalue weighted by atomic mass is 9.75. The van der Waals surface area contributed by atoms with E-state index in [1.54, 1.807) is 0 Å². The number of hydrogen-bond acceptors (Lipinski definition) is 2. The lowest BCUT2D eigenvalue weighted by Gasteiger charge is -2.28. The number of rotatable bonds is 2. The number of allylic oxidation sites excluding steroid dienone is 4. The minimum absolute atomic E-state index is 0.0682. The summed E-state index contributed by atoms with van der Waals surface area (Å²) in [6.45, 7) is 9.47. The molecule has 1 aromatic rings. The van der Waals surface area contributed by atoms with E-state index in [1.165, 1.54) is 27.3 Å². The molecule has 0 fully saturated rings. The standard InChI is InChI=1S/C16H21N3/c1-10-5-6-16(3,4)15-12(10)7-14-13(15)8-18-19(14)9-11(2)17/h5-8,11H,9,17H2,1-4H3/t11-/m0/s1. The highest BCUT2D eigenvalue weighted by atomic mass is 15.3. The molecule has 1 aromatic heterocycles. The Kier molecular flexibility index (Phi) is 2.58. The first-order valence-electron chi connectivity index (χ1n) is 6.84. The molecule has 0 radical (unpaired) electrons. The molecule has 2 aliphatic rings. The zero-order chi connectivity index (χ0) is 13.8. The highest BCUT2D eigenvalue weighted by Gasteiger charge is 2.30. The zero-order valence-electron chi connectivity index (χ0n) is 12.1. The molecule has 100 valence electrons. The van der Waals surface area contributed by atoms with Gasteiger partial charge in [0.15, 0.2) is 0 Å². The summed E-state index contributed by atoms with van der Waals surface area (Å²) in [7, 11) is 0. The average molecular weight is 255 g/mol. The van der Waals surface area contributed by atoms with Gasteiger partial charge in [-0.05, 0) is 36.6 Å². The summed E-state index contributed by atoms with van der Waals surface area (Å²) in [6.07, 6.45) is 8.77. The molecule has 3 rings (SSSR count). The maximum absolute atomic E-state index is 5.90. The minimum atomic E-state index is 0.0682. The van der Waals surface area contributed by atoms with Crippen molar-refractivity contribution in [2.45, 2.75) is 40.3 Å². The van der Waals surface area contributed by atoms with E-state index in [9.17, 15) is 0 Å². The van der Waals surface area contributed by atoms with Gasteiger partial charge in [0.05, 0.1) is 18.1 Å². The maximum Gasteiger partial charge on any atom is 0.0692 e. The lowest BCUT2D eigenvalue weighted by molar-refractivity contribution is 0.527. The number of nitrogens with two attached hydrogens (primary N) is 1. The number of nitrogens with zero attached hydrogens (tertiary/aromatic N) is 2. The smallest absolute Gasteiger partial charge is 0.0692 e. The van der Waals surface area contributed by atoms with Crippen molar-refractivity contribution in [1.82, 2.24) is 9.78 Å². The molecular weight excluding hydrogens is 234 g/mol. The molecular formula is C16H21N3. The van der Waals surface area contributed by atoms with Crippen LogP contribution in [0.4, 0.5) is 0 Å². The number of aromatic nitrogens is 2. The van der Waals surface area contributed by atoms with Crippen molar-refractivity contribution in [3.63, 3.8) is 0 Å². The van der Waals surface area contributed by atoms with Crippen LogP contribution in [0.3, 0.4) is 0 Å². The molecule has 0 aromatic carbocycles. The van der Waals surface area contributed by atoms with E-state index < -0.39 is 0 Å². The molecule has 0 bridgehead atoms. The first kappa shape index (κ1) is 12.4. The first-order valence-corrected chi connectivity index (χ1v) is 6.84. The van der Waals surface area contributed by atoms with Crippen molar-refractivity contribution >= 4 is 11.6 Å². The third-order valence-electron chi connectivity index (χ3n) is 3.98. The molecule has 3 nitrogen and oxygen atoms in total. The van der Waals surface area contributed by atoms with Gasteiger partial charge in [-0.25, -0.2) is 0 Å². The predicted octanol–water partition coefficient (Wildman–Crippen LogP) is 1.09. The van der Waals surface area contributed by atoms with Crippen molar-refractivity contribution in [2.24, 2.45) is 11.1 Å². The van der Waals surface area contributed by atoms with Gasteiger partial charge in [0.25, 0.3) is 0 Å². The second-order valence-corrected chi connectivity index (χ2v) is 6.27. The topological polar surface area (TPSA) is 43.8 Å². The maximum atomic E-state index is 5.90. The van der Waals surface area contributed by atoms with E-state index in [0.29, 0.717) is 0 Å². The van der Waals surface area contributed by atoms with Gasteiger partial charge in [0.2, 0.25) is 0 Å². The summed E-state index contributed by atoms with van der Waals surface area (Å²) in [4.78, 5) is 0. The summed E-state index contributed by atoms with van der Waals surface area (Å²) >= 11 is 0. The SMILES string of the molecule is CC1=C2C=c3c(cnn3C[C@H](C)N)=C2C(C)(C)C=C1. The molecule has 1 atom stereocenters. The molecule has 0 spiro atoms. The van der Waals surface area contributed by atoms with E-state index in [0.717, 1.165) is 6.54 Å². The summed E-state index contributed by atoms with van der Waals surface area (Å²) in [5.74, 6) is 0. The van der Waals surface area contributed by atoms with Gasteiger partial charge < -0.3 is 5.73 Å². The Bertz CT molecular complexity index is 712. The Balaban J connectivity index is 2.28. The molecule has 1 heterocycles. The molecule has 3 heteroatoms. The fourth-order valence-corrected chi connectivity index (χ4v) is 3.02. The van der Waals surface area contributed by atoms with Gasteiger partial charge in [-0.2, -0.15) is 5.10 Å². The Hall–Kier alpha value is -1.61. The normalized spacial score (nSPS) is 21.2. The number of hydrogen-bond donors (Lipinski definition) is 1. The van der Waals surface area contributed by atoms with Crippen LogP contribution in [0, 0.1) is 5.41 Å². The summed E-state index contributed by atoms with van der Waals surface area (Å²) in [5.41, 5.74) is 10.1. The highest BCUT2D eigenvalue weighted by molar-refractivity contribution is 5.88. The van der Waals surface area contributed by atoms with Crippen molar-refractivity contribution in [1.29, 1.82) is 0 Å². The first-order chi connectivity index (χ1) is 8.90. The lowest BCUT2D eigenvalue weighted by Crippen LogP contribution is -2.34. The Labute approximate surface area is 113 Å². The van der Waals surface area contributed by atoms with E-state index >= 15 is 0 Å². The van der Waals surface area contributed by atoms with Crippen LogP contribution in [-0.2, 0) is 6.54 Å². The van der Waals surface area contributed by atoms with Crippen molar-refractivity contribution in [3.8, 4) is 0 Å². The molecule has 0 saturated heterocycles. The average Bonchev–Trinajstić information content (AvgIpc) is 2.84. The van der Waals surface area contributed by atoms with Crippen LogP contribution in [-0.4, -0.2) is 15.8 Å².